The van der Waals surface area contributed by atoms with Crippen LogP contribution in [0, 0.1) is 5.82 Å². The van der Waals surface area contributed by atoms with Crippen molar-refractivity contribution in [2.45, 2.75) is 25.9 Å². The van der Waals surface area contributed by atoms with E-state index >= 15 is 0 Å². The average Bonchev–Trinajstić information content (AvgIpc) is 2.40. The molecule has 1 aromatic rings. The molecule has 1 unspecified atom stereocenters. The largest absolute Gasteiger partial charge is 0.383 e. The topological polar surface area (TPSA) is 55.6 Å². The van der Waals surface area contributed by atoms with Gasteiger partial charge in [0, 0.05) is 20.2 Å². The summed E-state index contributed by atoms with van der Waals surface area (Å²) >= 11 is 0. The smallest absolute Gasteiger partial charge is 0.242 e. The van der Waals surface area contributed by atoms with Crippen LogP contribution in [0.5, 0.6) is 0 Å². The van der Waals surface area contributed by atoms with Gasteiger partial charge in [0.2, 0.25) is 5.91 Å². The van der Waals surface area contributed by atoms with Crippen molar-refractivity contribution in [2.75, 3.05) is 20.3 Å². The number of carbonyl (C=O) groups excluding carboxylic acids is 1. The SMILES string of the molecule is CCCN(Cc1ccc(F)cc1)C(=O)C(N)COC.Cl. The highest BCUT2D eigenvalue weighted by molar-refractivity contribution is 5.85. The van der Waals surface area contributed by atoms with Gasteiger partial charge in [0.1, 0.15) is 11.9 Å². The number of nitrogens with two attached hydrogens (primary N) is 1. The Morgan fingerprint density at radius 3 is 2.50 bits per heavy atom. The van der Waals surface area contributed by atoms with Crippen LogP contribution in [0.3, 0.4) is 0 Å². The van der Waals surface area contributed by atoms with Crippen LogP contribution in [0.4, 0.5) is 4.39 Å². The number of halogens is 2. The summed E-state index contributed by atoms with van der Waals surface area (Å²) in [7, 11) is 1.51. The fourth-order valence-corrected chi connectivity index (χ4v) is 1.83. The molecule has 0 aliphatic carbocycles. The zero-order valence-corrected chi connectivity index (χ0v) is 12.7. The summed E-state index contributed by atoms with van der Waals surface area (Å²) in [4.78, 5) is 13.8. The van der Waals surface area contributed by atoms with Crippen molar-refractivity contribution < 1.29 is 13.9 Å². The highest BCUT2D eigenvalue weighted by Gasteiger charge is 2.20. The van der Waals surface area contributed by atoms with Crippen LogP contribution in [-0.4, -0.2) is 37.1 Å². The van der Waals surface area contributed by atoms with Crippen LogP contribution >= 0.6 is 12.4 Å². The molecule has 0 aromatic heterocycles. The summed E-state index contributed by atoms with van der Waals surface area (Å²) in [5.41, 5.74) is 6.64. The Labute approximate surface area is 125 Å². The fraction of sp³-hybridized carbons (Fsp3) is 0.500. The first kappa shape index (κ1) is 18.8. The molecule has 0 radical (unpaired) electrons. The van der Waals surface area contributed by atoms with Crippen molar-refractivity contribution in [2.24, 2.45) is 5.73 Å². The van der Waals surface area contributed by atoms with Crippen LogP contribution in [0.2, 0.25) is 0 Å². The summed E-state index contributed by atoms with van der Waals surface area (Å²) in [6.07, 6.45) is 0.840. The molecular weight excluding hydrogens is 283 g/mol. The van der Waals surface area contributed by atoms with Gasteiger partial charge in [0.25, 0.3) is 0 Å². The Morgan fingerprint density at radius 2 is 2.00 bits per heavy atom. The summed E-state index contributed by atoms with van der Waals surface area (Å²) in [6.45, 7) is 3.24. The van der Waals surface area contributed by atoms with Gasteiger partial charge in [0.15, 0.2) is 0 Å². The van der Waals surface area contributed by atoms with E-state index in [1.165, 1.54) is 19.2 Å². The molecule has 0 spiro atoms. The molecule has 20 heavy (non-hydrogen) atoms. The van der Waals surface area contributed by atoms with Crippen LogP contribution in [0.1, 0.15) is 18.9 Å². The Bertz CT molecular complexity index is 401. The fourth-order valence-electron chi connectivity index (χ4n) is 1.83. The minimum absolute atomic E-state index is 0. The lowest BCUT2D eigenvalue weighted by molar-refractivity contribution is -0.134. The molecule has 0 aliphatic rings. The second-order valence-electron chi connectivity index (χ2n) is 4.45. The Kier molecular flexibility index (Phi) is 9.12. The molecule has 1 amide bonds. The van der Waals surface area contributed by atoms with Crippen molar-refractivity contribution in [3.63, 3.8) is 0 Å². The molecule has 0 bridgehead atoms. The maximum atomic E-state index is 12.8. The molecular formula is C14H22ClFN2O2. The third kappa shape index (κ3) is 5.86. The predicted molar refractivity (Wildman–Crippen MR) is 79.2 cm³/mol. The molecule has 0 saturated carbocycles. The summed E-state index contributed by atoms with van der Waals surface area (Å²) in [6, 6.07) is 5.47. The maximum absolute atomic E-state index is 12.8. The van der Waals surface area contributed by atoms with E-state index < -0.39 is 6.04 Å². The summed E-state index contributed by atoms with van der Waals surface area (Å²) in [5.74, 6) is -0.429. The normalized spacial score (nSPS) is 11.6. The third-order valence-electron chi connectivity index (χ3n) is 2.76. The van der Waals surface area contributed by atoms with E-state index in [-0.39, 0.29) is 30.7 Å². The molecule has 6 heteroatoms. The number of methoxy groups -OCH3 is 1. The van der Waals surface area contributed by atoms with E-state index in [4.69, 9.17) is 10.5 Å². The van der Waals surface area contributed by atoms with Gasteiger partial charge in [0.05, 0.1) is 6.61 Å². The number of nitrogens with zero attached hydrogens (tertiary/aromatic N) is 1. The highest BCUT2D eigenvalue weighted by Crippen LogP contribution is 2.08. The number of benzene rings is 1. The number of ether oxygens (including phenoxy) is 1. The lowest BCUT2D eigenvalue weighted by Crippen LogP contribution is -2.46. The van der Waals surface area contributed by atoms with Crippen LogP contribution in [0.25, 0.3) is 0 Å². The van der Waals surface area contributed by atoms with Crippen molar-refractivity contribution in [1.29, 1.82) is 0 Å². The molecule has 1 atom stereocenters. The van der Waals surface area contributed by atoms with E-state index in [2.05, 4.69) is 0 Å². The number of rotatable bonds is 7. The first-order valence-electron chi connectivity index (χ1n) is 6.36. The molecule has 1 rings (SSSR count). The lowest BCUT2D eigenvalue weighted by atomic mass is 10.2. The van der Waals surface area contributed by atoms with Gasteiger partial charge in [-0.25, -0.2) is 4.39 Å². The number of hydrogen-bond acceptors (Lipinski definition) is 3. The zero-order chi connectivity index (χ0) is 14.3. The second-order valence-corrected chi connectivity index (χ2v) is 4.45. The molecule has 114 valence electrons. The van der Waals surface area contributed by atoms with Crippen molar-refractivity contribution in [3.8, 4) is 0 Å². The molecule has 0 aliphatic heterocycles. The van der Waals surface area contributed by atoms with Gasteiger partial charge in [-0.1, -0.05) is 19.1 Å². The number of carbonyl (C=O) groups is 1. The molecule has 0 saturated heterocycles. The van der Waals surface area contributed by atoms with Gasteiger partial charge in [-0.2, -0.15) is 0 Å². The summed E-state index contributed by atoms with van der Waals surface area (Å²) in [5, 5.41) is 0. The van der Waals surface area contributed by atoms with Gasteiger partial charge in [-0.15, -0.1) is 12.4 Å². The Morgan fingerprint density at radius 1 is 1.40 bits per heavy atom. The van der Waals surface area contributed by atoms with E-state index in [1.807, 2.05) is 6.92 Å². The average molecular weight is 305 g/mol. The summed E-state index contributed by atoms with van der Waals surface area (Å²) < 4.78 is 17.7. The van der Waals surface area contributed by atoms with Crippen molar-refractivity contribution in [3.05, 3.63) is 35.6 Å². The van der Waals surface area contributed by atoms with Crippen LogP contribution in [0.15, 0.2) is 24.3 Å². The predicted octanol–water partition coefficient (Wildman–Crippen LogP) is 1.96. The quantitative estimate of drug-likeness (QED) is 0.838. The maximum Gasteiger partial charge on any atom is 0.242 e. The molecule has 4 nitrogen and oxygen atoms in total. The van der Waals surface area contributed by atoms with E-state index in [1.54, 1.807) is 17.0 Å². The van der Waals surface area contributed by atoms with Gasteiger partial charge in [-0.3, -0.25) is 4.79 Å². The second kappa shape index (κ2) is 9.69. The third-order valence-corrected chi connectivity index (χ3v) is 2.76. The standard InChI is InChI=1S/C14H21FN2O2.ClH/c1-3-8-17(14(18)13(16)10-19-2)9-11-4-6-12(15)7-5-11;/h4-7,13H,3,8-10,16H2,1-2H3;1H. The monoisotopic (exact) mass is 304 g/mol. The van der Waals surface area contributed by atoms with Gasteiger partial charge < -0.3 is 15.4 Å². The van der Waals surface area contributed by atoms with E-state index in [0.29, 0.717) is 13.1 Å². The molecule has 0 fully saturated rings. The first-order chi connectivity index (χ1) is 9.08. The van der Waals surface area contributed by atoms with Crippen LogP contribution in [-0.2, 0) is 16.1 Å². The highest BCUT2D eigenvalue weighted by atomic mass is 35.5. The Hall–Kier alpha value is -1.17. The minimum Gasteiger partial charge on any atom is -0.383 e. The number of hydrogen-bond donors (Lipinski definition) is 1. The van der Waals surface area contributed by atoms with Crippen molar-refractivity contribution in [1.82, 2.24) is 4.90 Å². The van der Waals surface area contributed by atoms with Crippen molar-refractivity contribution >= 4 is 18.3 Å². The van der Waals surface area contributed by atoms with Gasteiger partial charge in [-0.05, 0) is 24.1 Å². The lowest BCUT2D eigenvalue weighted by Gasteiger charge is -2.25. The minimum atomic E-state index is -0.656. The molecule has 1 aromatic carbocycles. The molecule has 2 N–H and O–H groups in total. The first-order valence-corrected chi connectivity index (χ1v) is 6.36. The zero-order valence-electron chi connectivity index (χ0n) is 11.8. The van der Waals surface area contributed by atoms with Crippen LogP contribution < -0.4 is 5.73 Å². The molecule has 0 heterocycles. The number of amides is 1. The van der Waals surface area contributed by atoms with E-state index in [0.717, 1.165) is 12.0 Å². The Balaban J connectivity index is 0.00000361. The van der Waals surface area contributed by atoms with E-state index in [9.17, 15) is 9.18 Å². The van der Waals surface area contributed by atoms with Gasteiger partial charge >= 0.3 is 0 Å².